The number of imide groups is 1. The van der Waals surface area contributed by atoms with Gasteiger partial charge in [-0.3, -0.25) is 14.4 Å². The van der Waals surface area contributed by atoms with Gasteiger partial charge in [0.1, 0.15) is 0 Å². The average Bonchev–Trinajstić information content (AvgIpc) is 3.04. The zero-order valence-electron chi connectivity index (χ0n) is 14.8. The Hall–Kier alpha value is -2.42. The van der Waals surface area contributed by atoms with E-state index in [4.69, 9.17) is 10.00 Å². The number of esters is 1. The Balaban J connectivity index is 1.62. The lowest BCUT2D eigenvalue weighted by Crippen LogP contribution is -2.35. The van der Waals surface area contributed by atoms with Gasteiger partial charge < -0.3 is 4.74 Å². The first kappa shape index (κ1) is 17.4. The van der Waals surface area contributed by atoms with Crippen molar-refractivity contribution in [3.8, 4) is 6.07 Å². The Morgan fingerprint density at radius 1 is 1.28 bits per heavy atom. The second-order valence-corrected chi connectivity index (χ2v) is 7.58. The number of nitriles is 1. The molecule has 0 spiro atoms. The summed E-state index contributed by atoms with van der Waals surface area (Å²) in [6.07, 6.45) is 4.86. The van der Waals surface area contributed by atoms with Crippen LogP contribution in [0.2, 0.25) is 0 Å². The zero-order valence-corrected chi connectivity index (χ0v) is 14.8. The smallest absolute Gasteiger partial charge is 0.311 e. The highest BCUT2D eigenvalue weighted by molar-refractivity contribution is 6.19. The molecular formula is C19H22N2O4. The van der Waals surface area contributed by atoms with Crippen molar-refractivity contribution in [2.45, 2.75) is 46.5 Å². The van der Waals surface area contributed by atoms with Gasteiger partial charge in [0, 0.05) is 16.7 Å². The third-order valence-corrected chi connectivity index (χ3v) is 5.58. The van der Waals surface area contributed by atoms with Gasteiger partial charge in [-0.1, -0.05) is 19.9 Å². The molecule has 2 atom stereocenters. The molecule has 3 rings (SSSR count). The van der Waals surface area contributed by atoms with E-state index in [1.165, 1.54) is 0 Å². The van der Waals surface area contributed by atoms with Crippen molar-refractivity contribution in [2.75, 3.05) is 6.73 Å². The molecule has 0 aromatic carbocycles. The van der Waals surface area contributed by atoms with Crippen molar-refractivity contribution < 1.29 is 19.1 Å². The first-order valence-electron chi connectivity index (χ1n) is 8.62. The fourth-order valence-electron chi connectivity index (χ4n) is 3.88. The summed E-state index contributed by atoms with van der Waals surface area (Å²) < 4.78 is 5.28. The summed E-state index contributed by atoms with van der Waals surface area (Å²) in [4.78, 5) is 38.1. The summed E-state index contributed by atoms with van der Waals surface area (Å²) >= 11 is 0. The molecule has 2 aliphatic carbocycles. The van der Waals surface area contributed by atoms with Crippen LogP contribution in [0, 0.1) is 28.6 Å². The van der Waals surface area contributed by atoms with Gasteiger partial charge in [0.2, 0.25) is 0 Å². The zero-order chi connectivity index (χ0) is 18.4. The van der Waals surface area contributed by atoms with Crippen molar-refractivity contribution in [2.24, 2.45) is 17.3 Å². The number of rotatable bonds is 4. The highest BCUT2D eigenvalue weighted by atomic mass is 16.5. The SMILES string of the molecule is C/C(C#N)=C/[C@@H]1[C@@H](C(=O)OCN2C(=O)C3=C(CCCC3)C2=O)C1(C)C. The van der Waals surface area contributed by atoms with Crippen LogP contribution in [0.25, 0.3) is 0 Å². The maximum Gasteiger partial charge on any atom is 0.311 e. The van der Waals surface area contributed by atoms with Crippen LogP contribution in [0.1, 0.15) is 46.5 Å². The monoisotopic (exact) mass is 342 g/mol. The molecule has 0 aromatic rings. The molecule has 2 amide bonds. The lowest BCUT2D eigenvalue weighted by Gasteiger charge is -2.15. The van der Waals surface area contributed by atoms with Gasteiger partial charge >= 0.3 is 5.97 Å². The topological polar surface area (TPSA) is 87.5 Å². The number of allylic oxidation sites excluding steroid dienone is 2. The van der Waals surface area contributed by atoms with Crippen LogP contribution in [-0.4, -0.2) is 29.4 Å². The van der Waals surface area contributed by atoms with Gasteiger partial charge in [-0.05, 0) is 43.9 Å². The second kappa shape index (κ2) is 6.14. The maximum atomic E-state index is 12.4. The van der Waals surface area contributed by atoms with Gasteiger partial charge in [0.15, 0.2) is 6.73 Å². The van der Waals surface area contributed by atoms with Crippen molar-refractivity contribution in [1.29, 1.82) is 5.26 Å². The number of carbonyl (C=O) groups is 3. The minimum absolute atomic E-state index is 0.0593. The molecule has 1 fully saturated rings. The third-order valence-electron chi connectivity index (χ3n) is 5.58. The van der Waals surface area contributed by atoms with E-state index in [1.54, 1.807) is 13.0 Å². The molecule has 1 aliphatic heterocycles. The molecule has 1 saturated carbocycles. The largest absolute Gasteiger partial charge is 0.443 e. The molecule has 6 nitrogen and oxygen atoms in total. The summed E-state index contributed by atoms with van der Waals surface area (Å²) in [6.45, 7) is 5.26. The molecule has 1 heterocycles. The van der Waals surface area contributed by atoms with Crippen LogP contribution in [-0.2, 0) is 19.1 Å². The molecule has 0 unspecified atom stereocenters. The van der Waals surface area contributed by atoms with E-state index in [0.717, 1.165) is 17.7 Å². The predicted molar refractivity (Wildman–Crippen MR) is 88.4 cm³/mol. The van der Waals surface area contributed by atoms with E-state index >= 15 is 0 Å². The summed E-state index contributed by atoms with van der Waals surface area (Å²) in [5, 5.41) is 8.89. The van der Waals surface area contributed by atoms with E-state index < -0.39 is 5.97 Å². The van der Waals surface area contributed by atoms with Gasteiger partial charge in [0.05, 0.1) is 12.0 Å². The fourth-order valence-corrected chi connectivity index (χ4v) is 3.88. The summed E-state index contributed by atoms with van der Waals surface area (Å²) in [5.74, 6) is -1.48. The van der Waals surface area contributed by atoms with Gasteiger partial charge in [0.25, 0.3) is 11.8 Å². The van der Waals surface area contributed by atoms with E-state index in [1.807, 2.05) is 13.8 Å². The van der Waals surface area contributed by atoms with Gasteiger partial charge in [-0.15, -0.1) is 0 Å². The normalized spacial score (nSPS) is 27.9. The fraction of sp³-hybridized carbons (Fsp3) is 0.579. The molecule has 0 bridgehead atoms. The number of carbonyl (C=O) groups excluding carboxylic acids is 3. The third kappa shape index (κ3) is 2.88. The predicted octanol–water partition coefficient (Wildman–Crippen LogP) is 2.47. The first-order chi connectivity index (χ1) is 11.8. The maximum absolute atomic E-state index is 12.4. The summed E-state index contributed by atoms with van der Waals surface area (Å²) in [6, 6.07) is 2.06. The Bertz CT molecular complexity index is 726. The van der Waals surface area contributed by atoms with Crippen molar-refractivity contribution in [1.82, 2.24) is 4.90 Å². The first-order valence-corrected chi connectivity index (χ1v) is 8.62. The van der Waals surface area contributed by atoms with Crippen molar-refractivity contribution in [3.63, 3.8) is 0 Å². The number of hydrogen-bond donors (Lipinski definition) is 0. The minimum Gasteiger partial charge on any atom is -0.443 e. The van der Waals surface area contributed by atoms with Gasteiger partial charge in [-0.2, -0.15) is 5.26 Å². The highest BCUT2D eigenvalue weighted by Crippen LogP contribution is 2.59. The average molecular weight is 342 g/mol. The molecule has 0 aromatic heterocycles. The van der Waals surface area contributed by atoms with Crippen molar-refractivity contribution in [3.05, 3.63) is 22.8 Å². The Morgan fingerprint density at radius 3 is 2.36 bits per heavy atom. The Labute approximate surface area is 147 Å². The summed E-state index contributed by atoms with van der Waals surface area (Å²) in [7, 11) is 0. The molecule has 0 radical (unpaired) electrons. The molecular weight excluding hydrogens is 320 g/mol. The molecule has 6 heteroatoms. The lowest BCUT2D eigenvalue weighted by atomic mass is 9.93. The lowest BCUT2D eigenvalue weighted by molar-refractivity contribution is -0.156. The molecule has 25 heavy (non-hydrogen) atoms. The van der Waals surface area contributed by atoms with Crippen molar-refractivity contribution >= 4 is 17.8 Å². The van der Waals surface area contributed by atoms with Crippen LogP contribution >= 0.6 is 0 Å². The van der Waals surface area contributed by atoms with Crippen LogP contribution in [0.5, 0.6) is 0 Å². The van der Waals surface area contributed by atoms with Crippen LogP contribution < -0.4 is 0 Å². The molecule has 0 N–H and O–H groups in total. The minimum atomic E-state index is -0.428. The highest BCUT2D eigenvalue weighted by Gasteiger charge is 2.61. The van der Waals surface area contributed by atoms with Crippen LogP contribution in [0.4, 0.5) is 0 Å². The molecule has 3 aliphatic rings. The second-order valence-electron chi connectivity index (χ2n) is 7.58. The summed E-state index contributed by atoms with van der Waals surface area (Å²) in [5.41, 5.74) is 1.45. The van der Waals surface area contributed by atoms with E-state index in [0.29, 0.717) is 29.6 Å². The Kier molecular flexibility index (Phi) is 4.28. The number of nitrogens with zero attached hydrogens (tertiary/aromatic N) is 2. The van der Waals surface area contributed by atoms with Crippen LogP contribution in [0.3, 0.4) is 0 Å². The standard InChI is InChI=1S/C19H22N2O4/c1-11(9-20)8-14-15(19(14,2)3)18(24)25-10-21-16(22)12-6-4-5-7-13(12)17(21)23/h8,14-15H,4-7,10H2,1-3H3/b11-8-/t14-,15+/m1/s1. The quantitative estimate of drug-likeness (QED) is 0.445. The van der Waals surface area contributed by atoms with Gasteiger partial charge in [-0.25, -0.2) is 4.90 Å². The number of amides is 2. The number of ether oxygens (including phenoxy) is 1. The Morgan fingerprint density at radius 2 is 1.84 bits per heavy atom. The number of hydrogen-bond acceptors (Lipinski definition) is 5. The van der Waals surface area contributed by atoms with E-state index in [9.17, 15) is 14.4 Å². The van der Waals surface area contributed by atoms with Crippen LogP contribution in [0.15, 0.2) is 22.8 Å². The molecule has 0 saturated heterocycles. The molecule has 132 valence electrons. The van der Waals surface area contributed by atoms with E-state index in [-0.39, 0.29) is 35.8 Å². The van der Waals surface area contributed by atoms with E-state index in [2.05, 4.69) is 6.07 Å².